The number of piperazine rings is 1. The number of carbonyl (C=O) groups excluding carboxylic acids is 2. The molecule has 0 atom stereocenters. The Morgan fingerprint density at radius 1 is 1.14 bits per heavy atom. The number of amides is 2. The Hall–Kier alpha value is -2.62. The number of thiophene rings is 1. The zero-order chi connectivity index (χ0) is 20.1. The molecule has 2 aromatic rings. The second-order valence-electron chi connectivity index (χ2n) is 6.25. The molecule has 1 aliphatic rings. The highest BCUT2D eigenvalue weighted by atomic mass is 32.1. The third-order valence-electron chi connectivity index (χ3n) is 4.40. The van der Waals surface area contributed by atoms with Crippen LogP contribution in [0.2, 0.25) is 0 Å². The lowest BCUT2D eigenvalue weighted by Crippen LogP contribution is -2.49. The molecule has 2 amide bonds. The van der Waals surface area contributed by atoms with Gasteiger partial charge in [0.15, 0.2) is 0 Å². The summed E-state index contributed by atoms with van der Waals surface area (Å²) in [6.07, 6.45) is -3.38. The number of pyridine rings is 1. The van der Waals surface area contributed by atoms with E-state index in [2.05, 4.69) is 10.3 Å². The van der Waals surface area contributed by atoms with Crippen molar-refractivity contribution in [1.82, 2.24) is 15.2 Å². The maximum Gasteiger partial charge on any atom is 0.417 e. The molecule has 6 nitrogen and oxygen atoms in total. The summed E-state index contributed by atoms with van der Waals surface area (Å²) in [6, 6.07) is 5.86. The van der Waals surface area contributed by atoms with Crippen molar-refractivity contribution in [3.05, 3.63) is 46.3 Å². The van der Waals surface area contributed by atoms with E-state index in [1.54, 1.807) is 17.0 Å². The molecule has 10 heteroatoms. The molecule has 1 saturated heterocycles. The Morgan fingerprint density at radius 3 is 2.46 bits per heavy atom. The second kappa shape index (κ2) is 8.59. The van der Waals surface area contributed by atoms with E-state index >= 15 is 0 Å². The van der Waals surface area contributed by atoms with Crippen LogP contribution >= 0.6 is 11.3 Å². The zero-order valence-electron chi connectivity index (χ0n) is 14.9. The van der Waals surface area contributed by atoms with Crippen LogP contribution in [0.1, 0.15) is 21.7 Å². The number of anilines is 1. The molecular weight excluding hydrogens is 393 g/mol. The van der Waals surface area contributed by atoms with Gasteiger partial charge in [0, 0.05) is 45.3 Å². The summed E-state index contributed by atoms with van der Waals surface area (Å²) in [5.41, 5.74) is -0.783. The van der Waals surface area contributed by atoms with Crippen LogP contribution < -0.4 is 10.2 Å². The van der Waals surface area contributed by atoms with Gasteiger partial charge in [-0.25, -0.2) is 4.98 Å². The molecule has 150 valence electrons. The Kier molecular flexibility index (Phi) is 6.18. The van der Waals surface area contributed by atoms with Gasteiger partial charge in [-0.05, 0) is 23.6 Å². The van der Waals surface area contributed by atoms with Crippen molar-refractivity contribution in [2.45, 2.75) is 12.6 Å². The molecule has 28 heavy (non-hydrogen) atoms. The third-order valence-corrected chi connectivity index (χ3v) is 5.27. The maximum atomic E-state index is 12.6. The van der Waals surface area contributed by atoms with Crippen LogP contribution in [0.5, 0.6) is 0 Å². The van der Waals surface area contributed by atoms with E-state index in [-0.39, 0.29) is 24.8 Å². The fourth-order valence-electron chi connectivity index (χ4n) is 2.86. The van der Waals surface area contributed by atoms with Crippen molar-refractivity contribution in [3.8, 4) is 0 Å². The van der Waals surface area contributed by atoms with Gasteiger partial charge < -0.3 is 15.1 Å². The number of hydrogen-bond donors (Lipinski definition) is 1. The largest absolute Gasteiger partial charge is 0.417 e. The summed E-state index contributed by atoms with van der Waals surface area (Å²) in [7, 11) is 0. The molecule has 0 aromatic carbocycles. The highest BCUT2D eigenvalue weighted by Gasteiger charge is 2.31. The molecular formula is C18H19F3N4O2S. The zero-order valence-corrected chi connectivity index (χ0v) is 15.7. The minimum absolute atomic E-state index is 0.0634. The molecule has 0 aliphatic carbocycles. The Morgan fingerprint density at radius 2 is 1.89 bits per heavy atom. The summed E-state index contributed by atoms with van der Waals surface area (Å²) in [6.45, 7) is 2.16. The number of nitrogens with one attached hydrogen (secondary N) is 1. The quantitative estimate of drug-likeness (QED) is 0.820. The molecule has 2 aromatic heterocycles. The number of aromatic nitrogens is 1. The van der Waals surface area contributed by atoms with Gasteiger partial charge in [-0.1, -0.05) is 6.07 Å². The number of halogens is 3. The van der Waals surface area contributed by atoms with Crippen molar-refractivity contribution in [3.63, 3.8) is 0 Å². The van der Waals surface area contributed by atoms with E-state index in [1.807, 2.05) is 10.3 Å². The summed E-state index contributed by atoms with van der Waals surface area (Å²) in [5.74, 6) is 0.204. The van der Waals surface area contributed by atoms with E-state index in [4.69, 9.17) is 0 Å². The van der Waals surface area contributed by atoms with Crippen molar-refractivity contribution in [1.29, 1.82) is 0 Å². The number of hydrogen-bond acceptors (Lipinski definition) is 5. The summed E-state index contributed by atoms with van der Waals surface area (Å²) < 4.78 is 37.8. The lowest BCUT2D eigenvalue weighted by molar-refractivity contribution is -0.137. The van der Waals surface area contributed by atoms with Crippen molar-refractivity contribution in [2.24, 2.45) is 0 Å². The monoisotopic (exact) mass is 412 g/mol. The van der Waals surface area contributed by atoms with Gasteiger partial charge >= 0.3 is 6.18 Å². The van der Waals surface area contributed by atoms with E-state index in [0.29, 0.717) is 36.9 Å². The third kappa shape index (κ3) is 5.00. The SMILES string of the molecule is O=C(NCCC(=O)N1CCN(c2ccc(C(F)(F)F)cn2)CC1)c1cccs1. The van der Waals surface area contributed by atoms with Gasteiger partial charge in [0.05, 0.1) is 10.4 Å². The number of alkyl halides is 3. The molecule has 1 aliphatic heterocycles. The van der Waals surface area contributed by atoms with E-state index in [0.717, 1.165) is 12.3 Å². The second-order valence-corrected chi connectivity index (χ2v) is 7.20. The van der Waals surface area contributed by atoms with Crippen LogP contribution in [0.25, 0.3) is 0 Å². The van der Waals surface area contributed by atoms with Crippen LogP contribution in [0, 0.1) is 0 Å². The molecule has 3 rings (SSSR count). The first-order valence-electron chi connectivity index (χ1n) is 8.72. The molecule has 0 saturated carbocycles. The molecule has 0 bridgehead atoms. The Labute approximate surface area is 164 Å². The first-order chi connectivity index (χ1) is 13.3. The molecule has 0 radical (unpaired) electrons. The van der Waals surface area contributed by atoms with Crippen LogP contribution in [-0.4, -0.2) is 54.4 Å². The molecule has 3 heterocycles. The first kappa shape index (κ1) is 20.1. The van der Waals surface area contributed by atoms with Gasteiger partial charge in [-0.3, -0.25) is 9.59 Å². The first-order valence-corrected chi connectivity index (χ1v) is 9.60. The Bertz CT molecular complexity index is 801. The van der Waals surface area contributed by atoms with Gasteiger partial charge in [0.25, 0.3) is 5.91 Å². The molecule has 0 spiro atoms. The predicted octanol–water partition coefficient (Wildman–Crippen LogP) is 2.63. The number of rotatable bonds is 5. The summed E-state index contributed by atoms with van der Waals surface area (Å²) in [5, 5.41) is 4.53. The van der Waals surface area contributed by atoms with Gasteiger partial charge in [-0.15, -0.1) is 11.3 Å². The predicted molar refractivity (Wildman–Crippen MR) is 99.3 cm³/mol. The number of nitrogens with zero attached hydrogens (tertiary/aromatic N) is 3. The fraction of sp³-hybridized carbons (Fsp3) is 0.389. The van der Waals surface area contributed by atoms with E-state index in [1.165, 1.54) is 17.4 Å². The van der Waals surface area contributed by atoms with Crippen LogP contribution in [0.15, 0.2) is 35.8 Å². The smallest absolute Gasteiger partial charge is 0.353 e. The van der Waals surface area contributed by atoms with Gasteiger partial charge in [0.1, 0.15) is 5.82 Å². The van der Waals surface area contributed by atoms with Crippen molar-refractivity contribution >= 4 is 29.0 Å². The van der Waals surface area contributed by atoms with E-state index in [9.17, 15) is 22.8 Å². The lowest BCUT2D eigenvalue weighted by atomic mass is 10.2. The fourth-order valence-corrected chi connectivity index (χ4v) is 3.50. The molecule has 1 fully saturated rings. The number of carbonyl (C=O) groups is 2. The molecule has 0 unspecified atom stereocenters. The standard InChI is InChI=1S/C18H19F3N4O2S/c19-18(20,21)13-3-4-15(23-12-13)24-7-9-25(10-8-24)16(26)5-6-22-17(27)14-2-1-11-28-14/h1-4,11-12H,5-10H2,(H,22,27). The average molecular weight is 412 g/mol. The van der Waals surface area contributed by atoms with Gasteiger partial charge in [0.2, 0.25) is 5.91 Å². The van der Waals surface area contributed by atoms with E-state index < -0.39 is 11.7 Å². The normalized spacial score (nSPS) is 14.8. The van der Waals surface area contributed by atoms with Crippen LogP contribution in [0.4, 0.5) is 19.0 Å². The highest BCUT2D eigenvalue weighted by molar-refractivity contribution is 7.12. The van der Waals surface area contributed by atoms with Crippen LogP contribution in [-0.2, 0) is 11.0 Å². The minimum atomic E-state index is -4.41. The van der Waals surface area contributed by atoms with Gasteiger partial charge in [-0.2, -0.15) is 13.2 Å². The Balaban J connectivity index is 1.43. The minimum Gasteiger partial charge on any atom is -0.353 e. The van der Waals surface area contributed by atoms with Crippen molar-refractivity contribution in [2.75, 3.05) is 37.6 Å². The average Bonchev–Trinajstić information content (AvgIpc) is 3.22. The maximum absolute atomic E-state index is 12.6. The highest BCUT2D eigenvalue weighted by Crippen LogP contribution is 2.29. The molecule has 1 N–H and O–H groups in total. The summed E-state index contributed by atoms with van der Waals surface area (Å²) >= 11 is 1.34. The lowest BCUT2D eigenvalue weighted by Gasteiger charge is -2.35. The summed E-state index contributed by atoms with van der Waals surface area (Å²) in [4.78, 5) is 32.2. The topological polar surface area (TPSA) is 65.5 Å². The van der Waals surface area contributed by atoms with Crippen LogP contribution in [0.3, 0.4) is 0 Å². The van der Waals surface area contributed by atoms with Crippen molar-refractivity contribution < 1.29 is 22.8 Å².